The highest BCUT2D eigenvalue weighted by Crippen LogP contribution is 2.22. The van der Waals surface area contributed by atoms with Crippen molar-refractivity contribution in [2.24, 2.45) is 0 Å². The molecule has 0 radical (unpaired) electrons. The van der Waals surface area contributed by atoms with E-state index in [1.807, 2.05) is 6.92 Å². The molecule has 0 aliphatic heterocycles. The van der Waals surface area contributed by atoms with Crippen LogP contribution in [0.15, 0.2) is 29.2 Å². The van der Waals surface area contributed by atoms with E-state index in [9.17, 15) is 5.11 Å². The highest BCUT2D eigenvalue weighted by atomic mass is 32.2. The van der Waals surface area contributed by atoms with Gasteiger partial charge in [-0.3, -0.25) is 0 Å². The summed E-state index contributed by atoms with van der Waals surface area (Å²) in [4.78, 5) is 1.23. The second-order valence-corrected chi connectivity index (χ2v) is 5.59. The Hall–Kier alpha value is -0.510. The molecule has 2 nitrogen and oxygen atoms in total. The van der Waals surface area contributed by atoms with Crippen LogP contribution in [-0.2, 0) is 0 Å². The van der Waals surface area contributed by atoms with Gasteiger partial charge in [-0.05, 0) is 30.2 Å². The minimum absolute atomic E-state index is 0.273. The molecule has 1 aromatic carbocycles. The first-order valence-electron chi connectivity index (χ1n) is 6.25. The summed E-state index contributed by atoms with van der Waals surface area (Å²) >= 11 is 1.71. The fourth-order valence-corrected chi connectivity index (χ4v) is 2.34. The van der Waals surface area contributed by atoms with Gasteiger partial charge in [-0.15, -0.1) is 11.8 Å². The van der Waals surface area contributed by atoms with Crippen LogP contribution >= 0.6 is 11.8 Å². The summed E-state index contributed by atoms with van der Waals surface area (Å²) in [6.07, 6.45) is -0.273. The van der Waals surface area contributed by atoms with Crippen molar-refractivity contribution >= 4 is 11.8 Å². The summed E-state index contributed by atoms with van der Waals surface area (Å²) in [7, 11) is 0. The SMILES string of the molecule is CCNCC(O)CSc1ccc(C(C)C)cc1. The van der Waals surface area contributed by atoms with Crippen LogP contribution < -0.4 is 5.32 Å². The first kappa shape index (κ1) is 14.6. The Morgan fingerprint density at radius 2 is 1.88 bits per heavy atom. The van der Waals surface area contributed by atoms with Crippen molar-refractivity contribution in [2.45, 2.75) is 37.7 Å². The van der Waals surface area contributed by atoms with Crippen molar-refractivity contribution in [1.29, 1.82) is 0 Å². The van der Waals surface area contributed by atoms with Gasteiger partial charge in [0, 0.05) is 17.2 Å². The third kappa shape index (κ3) is 5.57. The van der Waals surface area contributed by atoms with Gasteiger partial charge in [0.1, 0.15) is 0 Å². The molecular formula is C14H23NOS. The molecule has 1 atom stereocenters. The van der Waals surface area contributed by atoms with E-state index < -0.39 is 0 Å². The fraction of sp³-hybridized carbons (Fsp3) is 0.571. The van der Waals surface area contributed by atoms with E-state index in [-0.39, 0.29) is 6.10 Å². The number of likely N-dealkylation sites (N-methyl/N-ethyl adjacent to an activating group) is 1. The Morgan fingerprint density at radius 1 is 1.24 bits per heavy atom. The third-order valence-electron chi connectivity index (χ3n) is 2.62. The zero-order chi connectivity index (χ0) is 12.7. The zero-order valence-electron chi connectivity index (χ0n) is 10.9. The van der Waals surface area contributed by atoms with E-state index in [1.165, 1.54) is 10.5 Å². The first-order valence-corrected chi connectivity index (χ1v) is 7.23. The molecule has 3 heteroatoms. The maximum atomic E-state index is 9.70. The molecule has 2 N–H and O–H groups in total. The second-order valence-electron chi connectivity index (χ2n) is 4.50. The maximum Gasteiger partial charge on any atom is 0.0758 e. The summed E-state index contributed by atoms with van der Waals surface area (Å²) in [6, 6.07) is 8.62. The first-order chi connectivity index (χ1) is 8.13. The summed E-state index contributed by atoms with van der Waals surface area (Å²) in [5.41, 5.74) is 1.36. The molecule has 0 bridgehead atoms. The average Bonchev–Trinajstić information content (AvgIpc) is 2.34. The molecule has 0 aliphatic carbocycles. The van der Waals surface area contributed by atoms with E-state index in [0.29, 0.717) is 12.5 Å². The predicted octanol–water partition coefficient (Wildman–Crippen LogP) is 2.87. The smallest absolute Gasteiger partial charge is 0.0758 e. The second kappa shape index (κ2) is 7.75. The largest absolute Gasteiger partial charge is 0.391 e. The van der Waals surface area contributed by atoms with Crippen LogP contribution in [0.1, 0.15) is 32.3 Å². The topological polar surface area (TPSA) is 32.3 Å². The lowest BCUT2D eigenvalue weighted by Gasteiger charge is -2.11. The molecule has 0 heterocycles. The number of hydrogen-bond donors (Lipinski definition) is 2. The molecule has 17 heavy (non-hydrogen) atoms. The van der Waals surface area contributed by atoms with E-state index in [2.05, 4.69) is 43.4 Å². The minimum atomic E-state index is -0.273. The van der Waals surface area contributed by atoms with Crippen molar-refractivity contribution in [3.05, 3.63) is 29.8 Å². The minimum Gasteiger partial charge on any atom is -0.391 e. The summed E-state index contributed by atoms with van der Waals surface area (Å²) in [5.74, 6) is 1.32. The van der Waals surface area contributed by atoms with Gasteiger partial charge in [0.2, 0.25) is 0 Å². The van der Waals surface area contributed by atoms with Gasteiger partial charge in [-0.2, -0.15) is 0 Å². The van der Waals surface area contributed by atoms with Gasteiger partial charge in [-0.1, -0.05) is 32.9 Å². The van der Waals surface area contributed by atoms with Crippen LogP contribution in [0.25, 0.3) is 0 Å². The lowest BCUT2D eigenvalue weighted by atomic mass is 10.0. The van der Waals surface area contributed by atoms with Gasteiger partial charge in [-0.25, -0.2) is 0 Å². The van der Waals surface area contributed by atoms with Crippen molar-refractivity contribution in [2.75, 3.05) is 18.8 Å². The summed E-state index contributed by atoms with van der Waals surface area (Å²) in [5, 5.41) is 12.8. The van der Waals surface area contributed by atoms with Crippen molar-refractivity contribution in [1.82, 2.24) is 5.32 Å². The quantitative estimate of drug-likeness (QED) is 0.733. The zero-order valence-corrected chi connectivity index (χ0v) is 11.8. The number of rotatable bonds is 7. The molecule has 1 rings (SSSR count). The molecule has 0 aliphatic rings. The van der Waals surface area contributed by atoms with E-state index in [4.69, 9.17) is 0 Å². The molecule has 96 valence electrons. The number of thioether (sulfide) groups is 1. The monoisotopic (exact) mass is 253 g/mol. The van der Waals surface area contributed by atoms with Gasteiger partial charge in [0.25, 0.3) is 0 Å². The average molecular weight is 253 g/mol. The van der Waals surface area contributed by atoms with Crippen molar-refractivity contribution in [3.8, 4) is 0 Å². The van der Waals surface area contributed by atoms with Crippen LogP contribution in [0.3, 0.4) is 0 Å². The normalized spacial score (nSPS) is 13.0. The van der Waals surface area contributed by atoms with E-state index in [0.717, 1.165) is 12.3 Å². The molecule has 0 amide bonds. The van der Waals surface area contributed by atoms with E-state index in [1.54, 1.807) is 11.8 Å². The molecule has 1 unspecified atom stereocenters. The van der Waals surface area contributed by atoms with E-state index >= 15 is 0 Å². The van der Waals surface area contributed by atoms with Gasteiger partial charge in [0.05, 0.1) is 6.10 Å². The maximum absolute atomic E-state index is 9.70. The third-order valence-corrected chi connectivity index (χ3v) is 3.78. The molecule has 0 saturated heterocycles. The lowest BCUT2D eigenvalue weighted by Crippen LogP contribution is -2.28. The van der Waals surface area contributed by atoms with Crippen LogP contribution in [0.2, 0.25) is 0 Å². The highest BCUT2D eigenvalue weighted by molar-refractivity contribution is 7.99. The van der Waals surface area contributed by atoms with Crippen LogP contribution in [0.4, 0.5) is 0 Å². The number of nitrogens with one attached hydrogen (secondary N) is 1. The van der Waals surface area contributed by atoms with Gasteiger partial charge >= 0.3 is 0 Å². The number of benzene rings is 1. The standard InChI is InChI=1S/C14H23NOS/c1-4-15-9-13(16)10-17-14-7-5-12(6-8-14)11(2)3/h5-8,11,13,15-16H,4,9-10H2,1-3H3. The fourth-order valence-electron chi connectivity index (χ4n) is 1.51. The highest BCUT2D eigenvalue weighted by Gasteiger charge is 2.04. The van der Waals surface area contributed by atoms with Crippen LogP contribution in [0, 0.1) is 0 Å². The predicted molar refractivity (Wildman–Crippen MR) is 75.8 cm³/mol. The van der Waals surface area contributed by atoms with Crippen molar-refractivity contribution in [3.63, 3.8) is 0 Å². The summed E-state index contributed by atoms with van der Waals surface area (Å²) in [6.45, 7) is 8.02. The molecule has 0 aromatic heterocycles. The molecule has 1 aromatic rings. The number of hydrogen-bond acceptors (Lipinski definition) is 3. The Bertz CT molecular complexity index is 311. The Labute approximate surface area is 109 Å². The summed E-state index contributed by atoms with van der Waals surface area (Å²) < 4.78 is 0. The molecular weight excluding hydrogens is 230 g/mol. The van der Waals surface area contributed by atoms with Crippen LogP contribution in [-0.4, -0.2) is 30.1 Å². The van der Waals surface area contributed by atoms with Gasteiger partial charge in [0.15, 0.2) is 0 Å². The number of aliphatic hydroxyl groups is 1. The lowest BCUT2D eigenvalue weighted by molar-refractivity contribution is 0.197. The number of aliphatic hydroxyl groups excluding tert-OH is 1. The molecule has 0 spiro atoms. The molecule has 0 saturated carbocycles. The Morgan fingerprint density at radius 3 is 2.41 bits per heavy atom. The van der Waals surface area contributed by atoms with Crippen LogP contribution in [0.5, 0.6) is 0 Å². The Kier molecular flexibility index (Phi) is 6.63. The van der Waals surface area contributed by atoms with Gasteiger partial charge < -0.3 is 10.4 Å². The van der Waals surface area contributed by atoms with Crippen molar-refractivity contribution < 1.29 is 5.11 Å². The molecule has 0 fully saturated rings. The Balaban J connectivity index is 2.36.